The number of hydrogen-bond donors (Lipinski definition) is 1. The molecule has 2 heterocycles. The molecule has 0 radical (unpaired) electrons. The van der Waals surface area contributed by atoms with Gasteiger partial charge in [-0.15, -0.1) is 0 Å². The van der Waals surface area contributed by atoms with Gasteiger partial charge in [-0.2, -0.15) is 0 Å². The monoisotopic (exact) mass is 380 g/mol. The van der Waals surface area contributed by atoms with Crippen LogP contribution in [0, 0.1) is 0 Å². The maximum Gasteiger partial charge on any atom is 0.335 e. The standard InChI is InChI=1S/C21H20N2O5/c1-13-20(25)23(17-10-15(21(26)27)6-7-18(17)28-13)12-19(24)22-9-8-14-4-2-3-5-16(14)11-22/h2-7,10,13H,8-9,11-12H2,1H3,(H,26,27). The Morgan fingerprint density at radius 2 is 1.93 bits per heavy atom. The first kappa shape index (κ1) is 18.0. The minimum atomic E-state index is -1.10. The van der Waals surface area contributed by atoms with E-state index in [1.165, 1.54) is 28.7 Å². The topological polar surface area (TPSA) is 87.2 Å². The highest BCUT2D eigenvalue weighted by molar-refractivity contribution is 6.04. The normalized spacial score (nSPS) is 18.2. The van der Waals surface area contributed by atoms with E-state index < -0.39 is 12.1 Å². The fourth-order valence-electron chi connectivity index (χ4n) is 3.65. The van der Waals surface area contributed by atoms with Gasteiger partial charge in [0.1, 0.15) is 12.3 Å². The van der Waals surface area contributed by atoms with Crippen LogP contribution in [0.1, 0.15) is 28.4 Å². The minimum Gasteiger partial charge on any atom is -0.479 e. The number of benzene rings is 2. The molecule has 7 nitrogen and oxygen atoms in total. The van der Waals surface area contributed by atoms with Crippen LogP contribution in [0.4, 0.5) is 5.69 Å². The third-order valence-electron chi connectivity index (χ3n) is 5.19. The van der Waals surface area contributed by atoms with Crippen LogP contribution in [-0.4, -0.2) is 47.0 Å². The molecule has 2 aromatic rings. The molecule has 2 aromatic carbocycles. The molecular formula is C21H20N2O5. The van der Waals surface area contributed by atoms with Gasteiger partial charge in [0.05, 0.1) is 11.3 Å². The van der Waals surface area contributed by atoms with Crippen molar-refractivity contribution in [3.05, 3.63) is 59.2 Å². The molecule has 2 aliphatic rings. The summed E-state index contributed by atoms with van der Waals surface area (Å²) in [5.74, 6) is -1.24. The van der Waals surface area contributed by atoms with Gasteiger partial charge in [-0.3, -0.25) is 14.5 Å². The number of carbonyl (C=O) groups is 3. The zero-order valence-electron chi connectivity index (χ0n) is 15.4. The molecular weight excluding hydrogens is 360 g/mol. The number of ether oxygens (including phenoxy) is 1. The predicted molar refractivity (Wildman–Crippen MR) is 101 cm³/mol. The van der Waals surface area contributed by atoms with Crippen LogP contribution in [0.2, 0.25) is 0 Å². The quantitative estimate of drug-likeness (QED) is 0.881. The number of fused-ring (bicyclic) bond motifs is 2. The molecule has 0 aliphatic carbocycles. The van der Waals surface area contributed by atoms with E-state index in [1.807, 2.05) is 18.2 Å². The summed E-state index contributed by atoms with van der Waals surface area (Å²) < 4.78 is 5.57. The summed E-state index contributed by atoms with van der Waals surface area (Å²) in [6.07, 6.45) is 0.0350. The van der Waals surface area contributed by atoms with E-state index in [1.54, 1.807) is 11.8 Å². The molecule has 0 aromatic heterocycles. The second kappa shape index (κ2) is 6.99. The van der Waals surface area contributed by atoms with E-state index in [9.17, 15) is 19.5 Å². The summed E-state index contributed by atoms with van der Waals surface area (Å²) in [4.78, 5) is 40.0. The highest BCUT2D eigenvalue weighted by atomic mass is 16.5. The maximum atomic E-state index is 12.9. The first-order chi connectivity index (χ1) is 13.4. The second-order valence-electron chi connectivity index (χ2n) is 7.01. The van der Waals surface area contributed by atoms with Crippen molar-refractivity contribution >= 4 is 23.5 Å². The third-order valence-corrected chi connectivity index (χ3v) is 5.19. The molecule has 2 aliphatic heterocycles. The lowest BCUT2D eigenvalue weighted by Crippen LogP contribution is -2.50. The number of carboxylic acids is 1. The van der Waals surface area contributed by atoms with Gasteiger partial charge >= 0.3 is 5.97 Å². The van der Waals surface area contributed by atoms with Crippen LogP contribution in [-0.2, 0) is 22.6 Å². The van der Waals surface area contributed by atoms with E-state index in [0.29, 0.717) is 24.5 Å². The zero-order chi connectivity index (χ0) is 19.8. The molecule has 0 saturated carbocycles. The van der Waals surface area contributed by atoms with Crippen LogP contribution in [0.3, 0.4) is 0 Å². The lowest BCUT2D eigenvalue weighted by atomic mass is 10.00. The minimum absolute atomic E-state index is 0.0362. The SMILES string of the molecule is CC1Oc2ccc(C(=O)O)cc2N(CC(=O)N2CCc3ccccc3C2)C1=O. The lowest BCUT2D eigenvalue weighted by Gasteiger charge is -2.35. The number of aromatic carboxylic acids is 1. The maximum absolute atomic E-state index is 12.9. The molecule has 0 fully saturated rings. The number of rotatable bonds is 3. The van der Waals surface area contributed by atoms with Crippen molar-refractivity contribution in [2.45, 2.75) is 26.0 Å². The molecule has 0 saturated heterocycles. The fraction of sp³-hybridized carbons (Fsp3) is 0.286. The van der Waals surface area contributed by atoms with Gasteiger partial charge in [0, 0.05) is 13.1 Å². The van der Waals surface area contributed by atoms with Crippen LogP contribution >= 0.6 is 0 Å². The number of amides is 2. The van der Waals surface area contributed by atoms with Gasteiger partial charge in [0.2, 0.25) is 5.91 Å². The van der Waals surface area contributed by atoms with Gasteiger partial charge in [-0.1, -0.05) is 24.3 Å². The van der Waals surface area contributed by atoms with Crippen molar-refractivity contribution < 1.29 is 24.2 Å². The third kappa shape index (κ3) is 3.19. The summed E-state index contributed by atoms with van der Waals surface area (Å²) >= 11 is 0. The van der Waals surface area contributed by atoms with Gasteiger partial charge in [-0.05, 0) is 42.7 Å². The van der Waals surface area contributed by atoms with Crippen LogP contribution in [0.15, 0.2) is 42.5 Å². The number of carboxylic acid groups (broad SMARTS) is 1. The Bertz CT molecular complexity index is 971. The second-order valence-corrected chi connectivity index (χ2v) is 7.01. The number of hydrogen-bond acceptors (Lipinski definition) is 4. The molecule has 28 heavy (non-hydrogen) atoms. The predicted octanol–water partition coefficient (Wildman–Crippen LogP) is 2.08. The number of anilines is 1. The molecule has 1 atom stereocenters. The van der Waals surface area contributed by atoms with Crippen molar-refractivity contribution in [1.29, 1.82) is 0 Å². The molecule has 0 spiro atoms. The molecule has 4 rings (SSSR count). The lowest BCUT2D eigenvalue weighted by molar-refractivity contribution is -0.133. The van der Waals surface area contributed by atoms with Crippen molar-refractivity contribution in [3.63, 3.8) is 0 Å². The largest absolute Gasteiger partial charge is 0.479 e. The Kier molecular flexibility index (Phi) is 4.50. The summed E-state index contributed by atoms with van der Waals surface area (Å²) in [6, 6.07) is 12.3. The molecule has 7 heteroatoms. The van der Waals surface area contributed by atoms with Gasteiger partial charge in [0.25, 0.3) is 5.91 Å². The van der Waals surface area contributed by atoms with Gasteiger partial charge in [-0.25, -0.2) is 4.79 Å². The van der Waals surface area contributed by atoms with Gasteiger partial charge in [0.15, 0.2) is 6.10 Å². The van der Waals surface area contributed by atoms with Crippen molar-refractivity contribution in [3.8, 4) is 5.75 Å². The highest BCUT2D eigenvalue weighted by Gasteiger charge is 2.34. The van der Waals surface area contributed by atoms with E-state index in [2.05, 4.69) is 6.07 Å². The van der Waals surface area contributed by atoms with Crippen LogP contribution in [0.25, 0.3) is 0 Å². The first-order valence-corrected chi connectivity index (χ1v) is 9.14. The average molecular weight is 380 g/mol. The Morgan fingerprint density at radius 3 is 2.68 bits per heavy atom. The molecule has 1 unspecified atom stereocenters. The first-order valence-electron chi connectivity index (χ1n) is 9.14. The Hall–Kier alpha value is -3.35. The Labute approximate surface area is 162 Å². The van der Waals surface area contributed by atoms with Crippen molar-refractivity contribution in [2.24, 2.45) is 0 Å². The molecule has 1 N–H and O–H groups in total. The average Bonchev–Trinajstić information content (AvgIpc) is 2.70. The molecule has 144 valence electrons. The smallest absolute Gasteiger partial charge is 0.335 e. The fourth-order valence-corrected chi connectivity index (χ4v) is 3.65. The van der Waals surface area contributed by atoms with E-state index >= 15 is 0 Å². The number of carbonyl (C=O) groups excluding carboxylic acids is 2. The molecule has 0 bridgehead atoms. The van der Waals surface area contributed by atoms with E-state index in [0.717, 1.165) is 12.0 Å². The van der Waals surface area contributed by atoms with E-state index in [4.69, 9.17) is 4.74 Å². The van der Waals surface area contributed by atoms with E-state index in [-0.39, 0.29) is 23.9 Å². The van der Waals surface area contributed by atoms with Crippen molar-refractivity contribution in [1.82, 2.24) is 4.90 Å². The summed E-state index contributed by atoms with van der Waals surface area (Å²) in [6.45, 7) is 2.56. The Morgan fingerprint density at radius 1 is 1.18 bits per heavy atom. The summed E-state index contributed by atoms with van der Waals surface area (Å²) in [7, 11) is 0. The summed E-state index contributed by atoms with van der Waals surface area (Å²) in [5.41, 5.74) is 2.69. The zero-order valence-corrected chi connectivity index (χ0v) is 15.4. The highest BCUT2D eigenvalue weighted by Crippen LogP contribution is 2.35. The van der Waals surface area contributed by atoms with Crippen LogP contribution in [0.5, 0.6) is 5.75 Å². The van der Waals surface area contributed by atoms with Gasteiger partial charge < -0.3 is 14.7 Å². The van der Waals surface area contributed by atoms with Crippen molar-refractivity contribution in [2.75, 3.05) is 18.0 Å². The number of nitrogens with zero attached hydrogens (tertiary/aromatic N) is 2. The van der Waals surface area contributed by atoms with Crippen LogP contribution < -0.4 is 9.64 Å². The summed E-state index contributed by atoms with van der Waals surface area (Å²) in [5, 5.41) is 9.25. The molecule has 2 amide bonds. The Balaban J connectivity index is 1.59.